The van der Waals surface area contributed by atoms with Crippen molar-refractivity contribution in [1.82, 2.24) is 19.5 Å². The lowest BCUT2D eigenvalue weighted by Gasteiger charge is -2.15. The number of aromatic nitrogens is 4. The highest BCUT2D eigenvalue weighted by Crippen LogP contribution is 2.48. The van der Waals surface area contributed by atoms with Crippen LogP contribution < -0.4 is 10.5 Å². The van der Waals surface area contributed by atoms with Crippen molar-refractivity contribution in [3.8, 4) is 5.88 Å². The normalized spacial score (nSPS) is 13.0. The zero-order chi connectivity index (χ0) is 29.8. The minimum atomic E-state index is -3.68. The van der Waals surface area contributed by atoms with Crippen LogP contribution in [-0.4, -0.2) is 57.7 Å². The maximum Gasteiger partial charge on any atom is 0.252 e. The fourth-order valence-electron chi connectivity index (χ4n) is 4.73. The molecule has 0 radical (unpaired) electrons. The van der Waals surface area contributed by atoms with E-state index >= 15 is 0 Å². The molecule has 2 aromatic rings. The van der Waals surface area contributed by atoms with E-state index in [9.17, 15) is 9.46 Å². The highest BCUT2D eigenvalue weighted by atomic mass is 31.2. The van der Waals surface area contributed by atoms with E-state index in [1.54, 1.807) is 10.9 Å². The van der Waals surface area contributed by atoms with Gasteiger partial charge in [-0.3, -0.25) is 4.57 Å². The van der Waals surface area contributed by atoms with E-state index in [1.807, 2.05) is 0 Å². The summed E-state index contributed by atoms with van der Waals surface area (Å²) in [4.78, 5) is 22.8. The van der Waals surface area contributed by atoms with Crippen molar-refractivity contribution in [2.45, 2.75) is 116 Å². The van der Waals surface area contributed by atoms with Crippen LogP contribution in [0.15, 0.2) is 18.2 Å². The molecule has 0 aliphatic carbocycles. The average Bonchev–Trinajstić information content (AvgIpc) is 3.36. The third-order valence-electron chi connectivity index (χ3n) is 7.29. The first-order valence-corrected chi connectivity index (χ1v) is 17.4. The molecule has 0 amide bonds. The van der Waals surface area contributed by atoms with Crippen LogP contribution in [0.5, 0.6) is 5.88 Å². The number of unbranched alkanes of at least 4 members (excludes halogenated alkanes) is 15. The summed E-state index contributed by atoms with van der Waals surface area (Å²) in [5.74, 6) is 0.371. The first kappa shape index (κ1) is 35.2. The van der Waals surface area contributed by atoms with Crippen LogP contribution in [0.25, 0.3) is 11.2 Å². The highest BCUT2D eigenvalue weighted by molar-refractivity contribution is 7.62. The number of fused-ring (bicyclic) bond motifs is 1. The maximum absolute atomic E-state index is 12.6. The van der Waals surface area contributed by atoms with Crippen LogP contribution in [0.4, 0.5) is 5.95 Å². The second kappa shape index (κ2) is 20.8. The van der Waals surface area contributed by atoms with Crippen LogP contribution in [0.2, 0.25) is 0 Å². The number of rotatable bonds is 26. The first-order valence-electron chi connectivity index (χ1n) is 15.6. The van der Waals surface area contributed by atoms with Crippen LogP contribution in [0.3, 0.4) is 0 Å². The molecule has 2 aromatic heterocycles. The molecule has 10 nitrogen and oxygen atoms in total. The lowest BCUT2D eigenvalue weighted by atomic mass is 10.0. The summed E-state index contributed by atoms with van der Waals surface area (Å²) in [5.41, 5.74) is 6.73. The number of ether oxygens (including phenoxy) is 3. The Morgan fingerprint density at radius 2 is 1.46 bits per heavy atom. The van der Waals surface area contributed by atoms with E-state index in [0.29, 0.717) is 30.2 Å². The van der Waals surface area contributed by atoms with Gasteiger partial charge in [-0.15, -0.1) is 0 Å². The number of nitrogens with two attached hydrogens (primary N) is 1. The molecule has 1 unspecified atom stereocenters. The van der Waals surface area contributed by atoms with Gasteiger partial charge < -0.3 is 29.4 Å². The highest BCUT2D eigenvalue weighted by Gasteiger charge is 2.23. The van der Waals surface area contributed by atoms with Gasteiger partial charge in [0.05, 0.1) is 26.7 Å². The maximum atomic E-state index is 12.6. The van der Waals surface area contributed by atoms with Crippen LogP contribution >= 0.6 is 7.37 Å². The van der Waals surface area contributed by atoms with Gasteiger partial charge in [0, 0.05) is 18.5 Å². The first-order chi connectivity index (χ1) is 19.9. The molecule has 0 saturated carbocycles. The molecule has 2 heterocycles. The molecule has 0 spiro atoms. The molecule has 3 N–H and O–H groups in total. The van der Waals surface area contributed by atoms with Crippen molar-refractivity contribution in [2.75, 3.05) is 39.0 Å². The molecule has 0 fully saturated rings. The molecule has 0 bridgehead atoms. The SMILES string of the molecule is C=C(COCCCCCCCCCCCCCCCCCC)P(=O)(O)COCCn1cnc2c(OC)nc(N)nc21. The monoisotopic (exact) mass is 595 g/mol. The lowest BCUT2D eigenvalue weighted by molar-refractivity contribution is 0.148. The van der Waals surface area contributed by atoms with Crippen molar-refractivity contribution >= 4 is 24.5 Å². The van der Waals surface area contributed by atoms with Gasteiger partial charge in [-0.1, -0.05) is 110 Å². The number of nitrogen functional groups attached to an aromatic ring is 1. The van der Waals surface area contributed by atoms with Gasteiger partial charge in [-0.05, 0) is 6.42 Å². The van der Waals surface area contributed by atoms with E-state index in [1.165, 1.54) is 97.0 Å². The third-order valence-corrected chi connectivity index (χ3v) is 8.94. The predicted octanol–water partition coefficient (Wildman–Crippen LogP) is 7.45. The molecule has 0 saturated heterocycles. The Morgan fingerprint density at radius 1 is 0.902 bits per heavy atom. The summed E-state index contributed by atoms with van der Waals surface area (Å²) < 4.78 is 30.6. The zero-order valence-electron chi connectivity index (χ0n) is 25.5. The van der Waals surface area contributed by atoms with Crippen molar-refractivity contribution in [3.05, 3.63) is 18.2 Å². The van der Waals surface area contributed by atoms with E-state index < -0.39 is 7.37 Å². The van der Waals surface area contributed by atoms with Gasteiger partial charge in [0.15, 0.2) is 11.2 Å². The Hall–Kier alpha value is -2.00. The fourth-order valence-corrected chi connectivity index (χ4v) is 5.58. The third kappa shape index (κ3) is 14.1. The number of imidazole rings is 1. The molecule has 11 heteroatoms. The minimum absolute atomic E-state index is 0.0675. The molecule has 41 heavy (non-hydrogen) atoms. The molecule has 0 aromatic carbocycles. The average molecular weight is 596 g/mol. The van der Waals surface area contributed by atoms with E-state index in [0.717, 1.165) is 12.8 Å². The number of nitrogens with zero attached hydrogens (tertiary/aromatic N) is 4. The number of anilines is 1. The fraction of sp³-hybridized carbons (Fsp3) is 0.767. The quantitative estimate of drug-likeness (QED) is 0.0839. The molecule has 1 atom stereocenters. The second-order valence-corrected chi connectivity index (χ2v) is 13.2. The molecule has 0 aliphatic heterocycles. The van der Waals surface area contributed by atoms with Crippen LogP contribution in [-0.2, 0) is 20.6 Å². The predicted molar refractivity (Wildman–Crippen MR) is 166 cm³/mol. The Kier molecular flexibility index (Phi) is 17.9. The number of hydrogen-bond donors (Lipinski definition) is 2. The minimum Gasteiger partial charge on any atom is -0.479 e. The zero-order valence-corrected chi connectivity index (χ0v) is 26.4. The molecular formula is C30H54N5O5P. The Morgan fingerprint density at radius 3 is 2.02 bits per heavy atom. The van der Waals surface area contributed by atoms with Crippen LogP contribution in [0.1, 0.15) is 110 Å². The summed E-state index contributed by atoms with van der Waals surface area (Å²) in [6.45, 7) is 7.23. The van der Waals surface area contributed by atoms with Gasteiger partial charge >= 0.3 is 0 Å². The Bertz CT molecular complexity index is 1050. The topological polar surface area (TPSA) is 135 Å². The van der Waals surface area contributed by atoms with E-state index in [4.69, 9.17) is 19.9 Å². The lowest BCUT2D eigenvalue weighted by Crippen LogP contribution is -2.09. The molecular weight excluding hydrogens is 541 g/mol. The number of hydrogen-bond acceptors (Lipinski definition) is 8. The van der Waals surface area contributed by atoms with Crippen LogP contribution in [0, 0.1) is 0 Å². The second-order valence-electron chi connectivity index (χ2n) is 10.9. The Balaban J connectivity index is 1.44. The smallest absolute Gasteiger partial charge is 0.252 e. The van der Waals surface area contributed by atoms with Gasteiger partial charge in [0.25, 0.3) is 7.37 Å². The molecule has 2 rings (SSSR count). The van der Waals surface area contributed by atoms with Gasteiger partial charge in [0.1, 0.15) is 6.35 Å². The van der Waals surface area contributed by atoms with E-state index in [-0.39, 0.29) is 30.8 Å². The summed E-state index contributed by atoms with van der Waals surface area (Å²) in [5, 5.41) is 0.173. The standard InChI is InChI=1S/C30H54N5O5P/c1-4-5-6-7-8-9-10-11-12-13-14-15-16-17-18-19-21-39-23-26(2)41(36,37)25-40-22-20-35-24-32-27-28(35)33-30(31)34-29(27)38-3/h24H,2,4-23,25H2,1,3H3,(H,36,37)(H2,31,33,34). The van der Waals surface area contributed by atoms with E-state index in [2.05, 4.69) is 28.5 Å². The molecule has 234 valence electrons. The van der Waals surface area contributed by atoms with Crippen molar-refractivity contribution in [1.29, 1.82) is 0 Å². The Labute approximate surface area is 246 Å². The van der Waals surface area contributed by atoms with Gasteiger partial charge in [-0.2, -0.15) is 9.97 Å². The number of methoxy groups -OCH3 is 1. The van der Waals surface area contributed by atoms with Crippen molar-refractivity contribution in [2.24, 2.45) is 0 Å². The summed E-state index contributed by atoms with van der Waals surface area (Å²) in [6, 6.07) is 0. The summed E-state index contributed by atoms with van der Waals surface area (Å²) >= 11 is 0. The molecule has 0 aliphatic rings. The largest absolute Gasteiger partial charge is 0.479 e. The van der Waals surface area contributed by atoms with Crippen molar-refractivity contribution in [3.63, 3.8) is 0 Å². The van der Waals surface area contributed by atoms with Crippen molar-refractivity contribution < 1.29 is 23.7 Å². The van der Waals surface area contributed by atoms with Gasteiger partial charge in [0.2, 0.25) is 11.8 Å². The van der Waals surface area contributed by atoms with Gasteiger partial charge in [-0.25, -0.2) is 4.98 Å². The summed E-state index contributed by atoms with van der Waals surface area (Å²) in [6.07, 6.45) is 22.4. The summed E-state index contributed by atoms with van der Waals surface area (Å²) in [7, 11) is -2.20.